The Morgan fingerprint density at radius 2 is 1.89 bits per heavy atom. The number of halogens is 2. The number of fused-ring (bicyclic) bond motifs is 1. The van der Waals surface area contributed by atoms with Gasteiger partial charge in [0.15, 0.2) is 4.80 Å². The molecule has 1 atom stereocenters. The van der Waals surface area contributed by atoms with Gasteiger partial charge in [-0.1, -0.05) is 53.3 Å². The van der Waals surface area contributed by atoms with Crippen molar-refractivity contribution in [1.82, 2.24) is 4.57 Å². The van der Waals surface area contributed by atoms with E-state index in [9.17, 15) is 14.7 Å². The van der Waals surface area contributed by atoms with Crippen LogP contribution >= 0.6 is 38.9 Å². The Hall–Kier alpha value is -3.66. The van der Waals surface area contributed by atoms with Crippen LogP contribution in [0.5, 0.6) is 11.5 Å². The third-order valence-corrected chi connectivity index (χ3v) is 7.94. The number of aromatic nitrogens is 1. The highest BCUT2D eigenvalue weighted by Gasteiger charge is 2.32. The average molecular weight is 611 g/mol. The Balaban J connectivity index is 1.68. The summed E-state index contributed by atoms with van der Waals surface area (Å²) in [6, 6.07) is 18.9. The number of ether oxygens (including phenoxy) is 1. The molecule has 1 aromatic heterocycles. The van der Waals surface area contributed by atoms with E-state index in [-0.39, 0.29) is 22.2 Å². The van der Waals surface area contributed by atoms with E-state index in [1.54, 1.807) is 61.1 Å². The van der Waals surface area contributed by atoms with Crippen molar-refractivity contribution in [3.63, 3.8) is 0 Å². The van der Waals surface area contributed by atoms with Crippen LogP contribution in [0.1, 0.15) is 24.1 Å². The van der Waals surface area contributed by atoms with E-state index in [2.05, 4.69) is 26.2 Å². The molecular weight excluding hydrogens is 590 g/mol. The van der Waals surface area contributed by atoms with Crippen molar-refractivity contribution in [1.29, 1.82) is 0 Å². The quantitative estimate of drug-likeness (QED) is 0.333. The molecule has 5 rings (SSSR count). The van der Waals surface area contributed by atoms with Crippen LogP contribution in [0.15, 0.2) is 92.3 Å². The monoisotopic (exact) mass is 609 g/mol. The number of phenolic OH excluding ortho intramolecular Hbond substituents is 1. The Labute approximate surface area is 235 Å². The van der Waals surface area contributed by atoms with Crippen molar-refractivity contribution in [2.45, 2.75) is 13.0 Å². The summed E-state index contributed by atoms with van der Waals surface area (Å²) >= 11 is 10.6. The molecule has 2 heterocycles. The zero-order valence-electron chi connectivity index (χ0n) is 20.2. The van der Waals surface area contributed by atoms with E-state index in [4.69, 9.17) is 16.3 Å². The molecule has 0 radical (unpaired) electrons. The molecule has 0 bridgehead atoms. The van der Waals surface area contributed by atoms with Gasteiger partial charge < -0.3 is 15.2 Å². The maximum Gasteiger partial charge on any atom is 0.271 e. The fraction of sp³-hybridized carbons (Fsp3) is 0.107. The van der Waals surface area contributed by atoms with E-state index in [1.807, 2.05) is 30.3 Å². The summed E-state index contributed by atoms with van der Waals surface area (Å²) < 4.78 is 7.68. The summed E-state index contributed by atoms with van der Waals surface area (Å²) in [5.41, 5.74) is 2.59. The predicted molar refractivity (Wildman–Crippen MR) is 153 cm³/mol. The van der Waals surface area contributed by atoms with Gasteiger partial charge in [0.05, 0.1) is 38.4 Å². The van der Waals surface area contributed by atoms with Crippen molar-refractivity contribution < 1.29 is 14.6 Å². The van der Waals surface area contributed by atoms with Gasteiger partial charge >= 0.3 is 0 Å². The summed E-state index contributed by atoms with van der Waals surface area (Å²) in [5.74, 6) is 0.239. The molecule has 192 valence electrons. The van der Waals surface area contributed by atoms with Gasteiger partial charge in [-0.15, -0.1) is 0 Å². The first kappa shape index (κ1) is 26.0. The molecule has 7 nitrogen and oxygen atoms in total. The first-order valence-corrected chi connectivity index (χ1v) is 13.5. The zero-order valence-corrected chi connectivity index (χ0v) is 23.4. The number of amides is 1. The molecule has 0 spiro atoms. The van der Waals surface area contributed by atoms with Crippen molar-refractivity contribution >= 4 is 56.5 Å². The number of hydrogen-bond acceptors (Lipinski definition) is 6. The predicted octanol–water partition coefficient (Wildman–Crippen LogP) is 5.00. The second-order valence-corrected chi connectivity index (χ2v) is 10.8. The number of allylic oxidation sites excluding steroid dienone is 1. The summed E-state index contributed by atoms with van der Waals surface area (Å²) in [6.07, 6.45) is 1.69. The van der Waals surface area contributed by atoms with Crippen LogP contribution in [0.3, 0.4) is 0 Å². The number of nitrogens with one attached hydrogen (secondary N) is 1. The fourth-order valence-electron chi connectivity index (χ4n) is 4.25. The SMILES string of the molecule is COc1ccc(C2C(C(=O)Nc3ccccc3)=C(C)N=c3s/c(=C\c4cc(Cl)c(O)c(Br)c4)c(=O)n32)cc1. The second-order valence-electron chi connectivity index (χ2n) is 8.51. The zero-order chi connectivity index (χ0) is 27.0. The minimum absolute atomic E-state index is 0.0746. The molecule has 38 heavy (non-hydrogen) atoms. The van der Waals surface area contributed by atoms with Gasteiger partial charge in [0, 0.05) is 5.69 Å². The van der Waals surface area contributed by atoms with Crippen molar-refractivity contribution in [2.75, 3.05) is 12.4 Å². The molecule has 4 aromatic rings. The van der Waals surface area contributed by atoms with Gasteiger partial charge in [-0.2, -0.15) is 0 Å². The highest BCUT2D eigenvalue weighted by atomic mass is 79.9. The van der Waals surface area contributed by atoms with Crippen LogP contribution in [-0.4, -0.2) is 22.7 Å². The lowest BCUT2D eigenvalue weighted by Gasteiger charge is -2.25. The maximum atomic E-state index is 13.8. The van der Waals surface area contributed by atoms with E-state index in [0.717, 1.165) is 5.56 Å². The van der Waals surface area contributed by atoms with Gasteiger partial charge in [-0.25, -0.2) is 4.99 Å². The van der Waals surface area contributed by atoms with Crippen LogP contribution in [0, 0.1) is 0 Å². The number of methoxy groups -OCH3 is 1. The molecular formula is C28H21BrClN3O4S. The molecule has 10 heteroatoms. The first-order valence-electron chi connectivity index (χ1n) is 11.5. The van der Waals surface area contributed by atoms with Crippen LogP contribution < -0.4 is 24.9 Å². The molecule has 1 aliphatic heterocycles. The molecule has 0 saturated heterocycles. The number of anilines is 1. The Morgan fingerprint density at radius 1 is 1.18 bits per heavy atom. The molecule has 0 fully saturated rings. The lowest BCUT2D eigenvalue weighted by molar-refractivity contribution is -0.113. The first-order chi connectivity index (χ1) is 18.3. The number of phenols is 1. The smallest absolute Gasteiger partial charge is 0.271 e. The van der Waals surface area contributed by atoms with E-state index in [0.29, 0.717) is 42.1 Å². The maximum absolute atomic E-state index is 13.8. The number of para-hydroxylation sites is 1. The Bertz CT molecular complexity index is 1740. The number of rotatable bonds is 5. The standard InChI is InChI=1S/C28H21BrClN3O4S/c1-15-23(26(35)32-18-6-4-3-5-7-18)24(17-8-10-19(37-2)11-9-17)33-27(36)22(38-28(33)31-15)14-16-12-20(29)25(34)21(30)13-16/h3-14,24,34H,1-2H3,(H,32,35)/b22-14-. The van der Waals surface area contributed by atoms with Gasteiger partial charge in [0.2, 0.25) is 0 Å². The van der Waals surface area contributed by atoms with Crippen LogP contribution in [0.4, 0.5) is 5.69 Å². The largest absolute Gasteiger partial charge is 0.505 e. The highest BCUT2D eigenvalue weighted by Crippen LogP contribution is 2.34. The lowest BCUT2D eigenvalue weighted by atomic mass is 9.95. The molecule has 1 amide bonds. The third-order valence-electron chi connectivity index (χ3n) is 6.07. The van der Waals surface area contributed by atoms with Crippen LogP contribution in [0.2, 0.25) is 5.02 Å². The topological polar surface area (TPSA) is 92.9 Å². The summed E-state index contributed by atoms with van der Waals surface area (Å²) in [5, 5.41) is 13.1. The van der Waals surface area contributed by atoms with Gasteiger partial charge in [-0.3, -0.25) is 14.2 Å². The number of aromatic hydroxyl groups is 1. The second kappa shape index (κ2) is 10.6. The molecule has 1 unspecified atom stereocenters. The number of nitrogens with zero attached hydrogens (tertiary/aromatic N) is 2. The van der Waals surface area contributed by atoms with Crippen molar-refractivity contribution in [3.8, 4) is 11.5 Å². The molecule has 0 saturated carbocycles. The Kier molecular flexibility index (Phi) is 7.25. The fourth-order valence-corrected chi connectivity index (χ4v) is 6.12. The minimum Gasteiger partial charge on any atom is -0.505 e. The van der Waals surface area contributed by atoms with Crippen LogP contribution in [0.25, 0.3) is 6.08 Å². The summed E-state index contributed by atoms with van der Waals surface area (Å²) in [4.78, 5) is 32.5. The van der Waals surface area contributed by atoms with Crippen molar-refractivity contribution in [3.05, 3.63) is 118 Å². The average Bonchev–Trinajstić information content (AvgIpc) is 3.21. The van der Waals surface area contributed by atoms with Gasteiger partial charge in [0.1, 0.15) is 11.5 Å². The lowest BCUT2D eigenvalue weighted by Crippen LogP contribution is -2.40. The van der Waals surface area contributed by atoms with Crippen LogP contribution in [-0.2, 0) is 4.79 Å². The van der Waals surface area contributed by atoms with E-state index in [1.165, 1.54) is 11.3 Å². The molecule has 3 aromatic carbocycles. The number of benzene rings is 3. The van der Waals surface area contributed by atoms with Crippen molar-refractivity contribution in [2.24, 2.45) is 4.99 Å². The van der Waals surface area contributed by atoms with Gasteiger partial charge in [-0.05, 0) is 76.5 Å². The summed E-state index contributed by atoms with van der Waals surface area (Å²) in [7, 11) is 1.58. The molecule has 2 N–H and O–H groups in total. The number of carbonyl (C=O) groups is 1. The Morgan fingerprint density at radius 3 is 2.55 bits per heavy atom. The number of carbonyl (C=O) groups excluding carboxylic acids is 1. The highest BCUT2D eigenvalue weighted by molar-refractivity contribution is 9.10. The van der Waals surface area contributed by atoms with E-state index < -0.39 is 6.04 Å². The summed E-state index contributed by atoms with van der Waals surface area (Å²) in [6.45, 7) is 1.77. The van der Waals surface area contributed by atoms with Gasteiger partial charge in [0.25, 0.3) is 11.5 Å². The third kappa shape index (κ3) is 4.92. The van der Waals surface area contributed by atoms with E-state index >= 15 is 0 Å². The number of thiazole rings is 1. The minimum atomic E-state index is -0.710. The normalized spacial score (nSPS) is 15.2. The molecule has 0 aliphatic carbocycles. The molecule has 1 aliphatic rings. The number of hydrogen-bond donors (Lipinski definition) is 2.